The molecule has 4 aromatic carbocycles. The molecule has 0 heterocycles. The molecule has 1 aliphatic rings. The quantitative estimate of drug-likeness (QED) is 0.243. The molecule has 0 N–H and O–H groups in total. The van der Waals surface area contributed by atoms with Crippen molar-refractivity contribution < 1.29 is 0 Å². The Bertz CT molecular complexity index is 1120. The van der Waals surface area contributed by atoms with E-state index in [4.69, 9.17) is 0 Å². The van der Waals surface area contributed by atoms with Crippen LogP contribution in [-0.2, 0) is 0 Å². The van der Waals surface area contributed by atoms with Crippen molar-refractivity contribution in [3.8, 4) is 0 Å². The third kappa shape index (κ3) is 5.26. The first-order valence-corrected chi connectivity index (χ1v) is 15.0. The highest BCUT2D eigenvalue weighted by Crippen LogP contribution is 2.61. The Morgan fingerprint density at radius 3 is 0.914 bits per heavy atom. The molecule has 0 aliphatic heterocycles. The van der Waals surface area contributed by atoms with Crippen LogP contribution >= 0.6 is 15.8 Å². The first kappa shape index (κ1) is 23.9. The molecule has 35 heavy (non-hydrogen) atoms. The Labute approximate surface area is 213 Å². The van der Waals surface area contributed by atoms with Gasteiger partial charge in [0.25, 0.3) is 0 Å². The first-order valence-electron chi connectivity index (χ1n) is 12.3. The van der Waals surface area contributed by atoms with Gasteiger partial charge in [-0.2, -0.15) is 0 Å². The molecular formula is C33H32P2. The Balaban J connectivity index is 1.73. The molecule has 0 nitrogen and oxygen atoms in total. The van der Waals surface area contributed by atoms with Crippen LogP contribution in [0.15, 0.2) is 144 Å². The molecule has 5 rings (SSSR count). The molecule has 0 saturated heterocycles. The van der Waals surface area contributed by atoms with E-state index in [9.17, 15) is 0 Å². The van der Waals surface area contributed by atoms with Gasteiger partial charge in [-0.3, -0.25) is 0 Å². The van der Waals surface area contributed by atoms with E-state index in [-0.39, 0.29) is 5.41 Å². The summed E-state index contributed by atoms with van der Waals surface area (Å²) in [6, 6.07) is 44.5. The average Bonchev–Trinajstić information content (AvgIpc) is 3.32. The zero-order valence-corrected chi connectivity index (χ0v) is 22.5. The van der Waals surface area contributed by atoms with Gasteiger partial charge in [-0.1, -0.05) is 154 Å². The predicted molar refractivity (Wildman–Crippen MR) is 157 cm³/mol. The SMILES string of the molecule is CC(C)(C)C1C=C(P(c2ccccc2)c2ccccc2)C(P(c2ccccc2)c2ccccc2)=C1. The summed E-state index contributed by atoms with van der Waals surface area (Å²) in [5, 5.41) is 8.70. The summed E-state index contributed by atoms with van der Waals surface area (Å²) in [5.74, 6) is 0.405. The molecule has 2 heteroatoms. The highest BCUT2D eigenvalue weighted by atomic mass is 31.1. The van der Waals surface area contributed by atoms with E-state index in [2.05, 4.69) is 154 Å². The summed E-state index contributed by atoms with van der Waals surface area (Å²) in [6.45, 7) is 7.10. The maximum Gasteiger partial charge on any atom is 0.00148 e. The van der Waals surface area contributed by atoms with Gasteiger partial charge in [0.05, 0.1) is 0 Å². The maximum atomic E-state index is 2.60. The molecule has 0 radical (unpaired) electrons. The fourth-order valence-corrected chi connectivity index (χ4v) is 10.0. The lowest BCUT2D eigenvalue weighted by Gasteiger charge is -2.28. The van der Waals surface area contributed by atoms with Gasteiger partial charge in [-0.25, -0.2) is 0 Å². The number of hydrogen-bond donors (Lipinski definition) is 0. The third-order valence-corrected chi connectivity index (χ3v) is 11.7. The molecule has 0 saturated carbocycles. The molecule has 4 aromatic rings. The summed E-state index contributed by atoms with van der Waals surface area (Å²) in [6.07, 6.45) is 5.20. The van der Waals surface area contributed by atoms with Crippen LogP contribution in [-0.4, -0.2) is 0 Å². The van der Waals surface area contributed by atoms with Crippen LogP contribution in [0.5, 0.6) is 0 Å². The fraction of sp³-hybridized carbons (Fsp3) is 0.152. The monoisotopic (exact) mass is 490 g/mol. The van der Waals surface area contributed by atoms with Gasteiger partial charge in [0.15, 0.2) is 0 Å². The van der Waals surface area contributed by atoms with E-state index >= 15 is 0 Å². The van der Waals surface area contributed by atoms with Gasteiger partial charge in [-0.15, -0.1) is 0 Å². The lowest BCUT2D eigenvalue weighted by atomic mass is 9.82. The van der Waals surface area contributed by atoms with Gasteiger partial charge in [-0.05, 0) is 53.1 Å². The largest absolute Gasteiger partial charge is 0.0680 e. The van der Waals surface area contributed by atoms with E-state index < -0.39 is 15.8 Å². The first-order chi connectivity index (χ1) is 17.0. The van der Waals surface area contributed by atoms with Crippen LogP contribution in [0.2, 0.25) is 0 Å². The lowest BCUT2D eigenvalue weighted by Crippen LogP contribution is -2.17. The van der Waals surface area contributed by atoms with Crippen molar-refractivity contribution in [3.63, 3.8) is 0 Å². The fourth-order valence-electron chi connectivity index (χ4n) is 4.60. The number of hydrogen-bond acceptors (Lipinski definition) is 0. The highest BCUT2D eigenvalue weighted by Gasteiger charge is 2.35. The summed E-state index contributed by atoms with van der Waals surface area (Å²) >= 11 is 0. The molecule has 0 amide bonds. The predicted octanol–water partition coefficient (Wildman–Crippen LogP) is 7.70. The van der Waals surface area contributed by atoms with Crippen molar-refractivity contribution in [1.29, 1.82) is 0 Å². The third-order valence-electron chi connectivity index (χ3n) is 6.48. The van der Waals surface area contributed by atoms with Gasteiger partial charge in [0.1, 0.15) is 0 Å². The van der Waals surface area contributed by atoms with Crippen LogP contribution in [0.4, 0.5) is 0 Å². The van der Waals surface area contributed by atoms with Crippen molar-refractivity contribution in [2.24, 2.45) is 11.3 Å². The second-order valence-corrected chi connectivity index (χ2v) is 14.4. The van der Waals surface area contributed by atoms with Crippen LogP contribution in [0.3, 0.4) is 0 Å². The molecule has 0 fully saturated rings. The second kappa shape index (κ2) is 10.5. The van der Waals surface area contributed by atoms with E-state index in [1.165, 1.54) is 31.8 Å². The zero-order valence-electron chi connectivity index (χ0n) is 20.7. The minimum atomic E-state index is -0.669. The summed E-state index contributed by atoms with van der Waals surface area (Å²) in [4.78, 5) is 0. The van der Waals surface area contributed by atoms with Gasteiger partial charge in [0, 0.05) is 5.92 Å². The number of rotatable bonds is 6. The van der Waals surface area contributed by atoms with Gasteiger partial charge in [0.2, 0.25) is 0 Å². The van der Waals surface area contributed by atoms with E-state index in [0.717, 1.165) is 0 Å². The number of allylic oxidation sites excluding steroid dienone is 4. The van der Waals surface area contributed by atoms with Gasteiger partial charge >= 0.3 is 0 Å². The molecule has 174 valence electrons. The molecule has 0 aromatic heterocycles. The van der Waals surface area contributed by atoms with Crippen molar-refractivity contribution >= 4 is 37.1 Å². The normalized spacial score (nSPS) is 14.3. The van der Waals surface area contributed by atoms with Gasteiger partial charge < -0.3 is 0 Å². The Hall–Kier alpha value is -2.78. The Kier molecular flexibility index (Phi) is 7.15. The van der Waals surface area contributed by atoms with E-state index in [1.54, 1.807) is 0 Å². The standard InChI is InChI=1S/C33H32P2/c1-33(2,3)26-24-31(34(27-16-8-4-9-17-27)28-18-10-5-11-19-28)32(25-26)35(29-20-12-6-13-21-29)30-22-14-7-15-23-30/h4-26H,1-3H3. The summed E-state index contributed by atoms with van der Waals surface area (Å²) < 4.78 is 0. The molecule has 1 aliphatic carbocycles. The summed E-state index contributed by atoms with van der Waals surface area (Å²) in [5.41, 5.74) is 0.162. The van der Waals surface area contributed by atoms with Crippen molar-refractivity contribution in [1.82, 2.24) is 0 Å². The van der Waals surface area contributed by atoms with Crippen LogP contribution in [0.1, 0.15) is 20.8 Å². The van der Waals surface area contributed by atoms with Crippen LogP contribution in [0, 0.1) is 11.3 Å². The Morgan fingerprint density at radius 1 is 0.429 bits per heavy atom. The van der Waals surface area contributed by atoms with E-state index in [1.807, 2.05) is 0 Å². The maximum absolute atomic E-state index is 2.60. The molecule has 0 spiro atoms. The second-order valence-electron chi connectivity index (χ2n) is 10.0. The topological polar surface area (TPSA) is 0 Å². The van der Waals surface area contributed by atoms with Crippen molar-refractivity contribution in [2.75, 3.05) is 0 Å². The lowest BCUT2D eigenvalue weighted by molar-refractivity contribution is 0.346. The van der Waals surface area contributed by atoms with Crippen molar-refractivity contribution in [2.45, 2.75) is 20.8 Å². The van der Waals surface area contributed by atoms with E-state index in [0.29, 0.717) is 5.92 Å². The minimum Gasteiger partial charge on any atom is -0.0680 e. The molecular weight excluding hydrogens is 458 g/mol. The van der Waals surface area contributed by atoms with Crippen LogP contribution in [0.25, 0.3) is 0 Å². The summed E-state index contributed by atoms with van der Waals surface area (Å²) in [7, 11) is -1.34. The number of benzene rings is 4. The molecule has 0 unspecified atom stereocenters. The van der Waals surface area contributed by atoms with Crippen LogP contribution < -0.4 is 21.2 Å². The molecule has 0 atom stereocenters. The molecule has 0 bridgehead atoms. The minimum absolute atomic E-state index is 0.162. The van der Waals surface area contributed by atoms with Crippen molar-refractivity contribution in [3.05, 3.63) is 144 Å². The Morgan fingerprint density at radius 2 is 0.686 bits per heavy atom. The smallest absolute Gasteiger partial charge is 0.00148 e. The average molecular weight is 491 g/mol. The zero-order chi connectivity index (χ0) is 24.3. The highest BCUT2D eigenvalue weighted by molar-refractivity contribution is 7.82.